The molecule has 0 aliphatic carbocycles. The van der Waals surface area contributed by atoms with E-state index in [1.807, 2.05) is 0 Å². The van der Waals surface area contributed by atoms with Crippen LogP contribution < -0.4 is 5.32 Å². The molecule has 25 heavy (non-hydrogen) atoms. The monoisotopic (exact) mass is 385 g/mol. The molecule has 1 amide bonds. The number of rotatable bonds is 3. The minimum absolute atomic E-state index is 0.0330. The van der Waals surface area contributed by atoms with E-state index in [4.69, 9.17) is 11.6 Å². The predicted molar refractivity (Wildman–Crippen MR) is 93.4 cm³/mol. The lowest BCUT2D eigenvalue weighted by molar-refractivity contribution is 0.102. The molecule has 1 aromatic heterocycles. The van der Waals surface area contributed by atoms with Gasteiger partial charge in [-0.1, -0.05) is 11.6 Å². The summed E-state index contributed by atoms with van der Waals surface area (Å²) in [6.45, 7) is 3.45. The Morgan fingerprint density at radius 2 is 2.12 bits per heavy atom. The average molecular weight is 386 g/mol. The SMILES string of the molecule is Cc1nn(C2CCS(=O)(=O)C2)c(C)c1NC(=O)c1cc(Cl)ccc1F. The van der Waals surface area contributed by atoms with Gasteiger partial charge in [-0.3, -0.25) is 9.48 Å². The summed E-state index contributed by atoms with van der Waals surface area (Å²) in [4.78, 5) is 12.4. The summed E-state index contributed by atoms with van der Waals surface area (Å²) in [6.07, 6.45) is 0.487. The van der Waals surface area contributed by atoms with Crippen LogP contribution in [-0.2, 0) is 9.84 Å². The molecule has 0 bridgehead atoms. The first-order valence-corrected chi connectivity index (χ1v) is 9.90. The number of carbonyl (C=O) groups excluding carboxylic acids is 1. The number of hydrogen-bond acceptors (Lipinski definition) is 4. The lowest BCUT2D eigenvalue weighted by atomic mass is 10.2. The molecule has 3 rings (SSSR count). The Bertz CT molecular complexity index is 956. The van der Waals surface area contributed by atoms with Gasteiger partial charge < -0.3 is 5.32 Å². The molecule has 1 N–H and O–H groups in total. The quantitative estimate of drug-likeness (QED) is 0.880. The fourth-order valence-corrected chi connectivity index (χ4v) is 4.88. The molecule has 6 nitrogen and oxygen atoms in total. The number of aryl methyl sites for hydroxylation is 1. The van der Waals surface area contributed by atoms with Crippen molar-refractivity contribution in [2.75, 3.05) is 16.8 Å². The molecule has 9 heteroatoms. The first-order chi connectivity index (χ1) is 11.7. The lowest BCUT2D eigenvalue weighted by Gasteiger charge is -2.12. The Balaban J connectivity index is 1.89. The largest absolute Gasteiger partial charge is 0.319 e. The van der Waals surface area contributed by atoms with E-state index >= 15 is 0 Å². The van der Waals surface area contributed by atoms with Crippen molar-refractivity contribution in [3.63, 3.8) is 0 Å². The van der Waals surface area contributed by atoms with Gasteiger partial charge in [0, 0.05) is 5.02 Å². The molecular formula is C16H17ClFN3O3S. The van der Waals surface area contributed by atoms with Crippen LogP contribution in [0.1, 0.15) is 34.2 Å². The van der Waals surface area contributed by atoms with Crippen LogP contribution in [0.25, 0.3) is 0 Å². The second-order valence-electron chi connectivity index (χ2n) is 6.13. The van der Waals surface area contributed by atoms with Crippen LogP contribution in [0.2, 0.25) is 5.02 Å². The highest BCUT2D eigenvalue weighted by Gasteiger charge is 2.31. The van der Waals surface area contributed by atoms with Crippen LogP contribution in [0.15, 0.2) is 18.2 Å². The molecule has 134 valence electrons. The molecular weight excluding hydrogens is 369 g/mol. The number of sulfone groups is 1. The summed E-state index contributed by atoms with van der Waals surface area (Å²) in [5.74, 6) is -1.15. The van der Waals surface area contributed by atoms with Gasteiger partial charge in [0.15, 0.2) is 9.84 Å². The standard InChI is InChI=1S/C16H17ClFN3O3S/c1-9-15(19-16(22)13-7-11(17)3-4-14(13)18)10(2)21(20-9)12-5-6-25(23,24)8-12/h3-4,7,12H,5-6,8H2,1-2H3,(H,19,22). The minimum atomic E-state index is -3.05. The van der Waals surface area contributed by atoms with E-state index in [2.05, 4.69) is 10.4 Å². The molecule has 1 atom stereocenters. The summed E-state index contributed by atoms with van der Waals surface area (Å²) in [6, 6.07) is 3.49. The summed E-state index contributed by atoms with van der Waals surface area (Å²) in [7, 11) is -3.05. The van der Waals surface area contributed by atoms with Crippen LogP contribution in [0.3, 0.4) is 0 Å². The highest BCUT2D eigenvalue weighted by molar-refractivity contribution is 7.91. The topological polar surface area (TPSA) is 81.1 Å². The number of benzene rings is 1. The van der Waals surface area contributed by atoms with Gasteiger partial charge in [0.05, 0.1) is 40.2 Å². The molecule has 1 unspecified atom stereocenters. The number of amides is 1. The molecule has 1 aromatic carbocycles. The second kappa shape index (κ2) is 6.42. The predicted octanol–water partition coefficient (Wildman–Crippen LogP) is 2.90. The maximum absolute atomic E-state index is 13.9. The van der Waals surface area contributed by atoms with Crippen LogP contribution in [0.5, 0.6) is 0 Å². The number of nitrogens with one attached hydrogen (secondary N) is 1. The summed E-state index contributed by atoms with van der Waals surface area (Å²) in [5.41, 5.74) is 1.46. The smallest absolute Gasteiger partial charge is 0.258 e. The van der Waals surface area contributed by atoms with Crippen molar-refractivity contribution in [3.8, 4) is 0 Å². The molecule has 0 spiro atoms. The first kappa shape index (κ1) is 17.9. The number of aromatic nitrogens is 2. The zero-order valence-electron chi connectivity index (χ0n) is 13.7. The summed E-state index contributed by atoms with van der Waals surface area (Å²) in [5, 5.41) is 7.28. The van der Waals surface area contributed by atoms with Crippen molar-refractivity contribution in [2.24, 2.45) is 0 Å². The van der Waals surface area contributed by atoms with Crippen molar-refractivity contribution >= 4 is 33.0 Å². The van der Waals surface area contributed by atoms with Gasteiger partial charge in [-0.2, -0.15) is 5.10 Å². The third-order valence-electron chi connectivity index (χ3n) is 4.29. The van der Waals surface area contributed by atoms with Crippen molar-refractivity contribution in [1.82, 2.24) is 9.78 Å². The normalized spacial score (nSPS) is 19.1. The Morgan fingerprint density at radius 1 is 1.40 bits per heavy atom. The van der Waals surface area contributed by atoms with Crippen LogP contribution in [0, 0.1) is 19.7 Å². The molecule has 1 fully saturated rings. The third-order valence-corrected chi connectivity index (χ3v) is 6.28. The molecule has 2 aromatic rings. The van der Waals surface area contributed by atoms with E-state index < -0.39 is 21.6 Å². The van der Waals surface area contributed by atoms with E-state index in [1.54, 1.807) is 18.5 Å². The number of hydrogen-bond donors (Lipinski definition) is 1. The minimum Gasteiger partial charge on any atom is -0.319 e. The van der Waals surface area contributed by atoms with Crippen molar-refractivity contribution in [2.45, 2.75) is 26.3 Å². The molecule has 1 aliphatic heterocycles. The van der Waals surface area contributed by atoms with Gasteiger partial charge in [-0.15, -0.1) is 0 Å². The van der Waals surface area contributed by atoms with Crippen LogP contribution >= 0.6 is 11.6 Å². The highest BCUT2D eigenvalue weighted by atomic mass is 35.5. The van der Waals surface area contributed by atoms with E-state index in [0.29, 0.717) is 23.5 Å². The number of carbonyl (C=O) groups is 1. The van der Waals surface area contributed by atoms with Crippen molar-refractivity contribution in [1.29, 1.82) is 0 Å². The number of anilines is 1. The second-order valence-corrected chi connectivity index (χ2v) is 8.79. The van der Waals surface area contributed by atoms with Gasteiger partial charge in [-0.25, -0.2) is 12.8 Å². The van der Waals surface area contributed by atoms with E-state index in [-0.39, 0.29) is 28.1 Å². The molecule has 2 heterocycles. The zero-order chi connectivity index (χ0) is 18.4. The maximum atomic E-state index is 13.9. The third kappa shape index (κ3) is 3.55. The van der Waals surface area contributed by atoms with Crippen LogP contribution in [0.4, 0.5) is 10.1 Å². The fraction of sp³-hybridized carbons (Fsp3) is 0.375. The van der Waals surface area contributed by atoms with Crippen molar-refractivity contribution < 1.29 is 17.6 Å². The Kier molecular flexibility index (Phi) is 4.59. The van der Waals surface area contributed by atoms with Gasteiger partial charge >= 0.3 is 0 Å². The Morgan fingerprint density at radius 3 is 2.76 bits per heavy atom. The van der Waals surface area contributed by atoms with Gasteiger partial charge in [0.25, 0.3) is 5.91 Å². The Labute approximate surface area is 149 Å². The van der Waals surface area contributed by atoms with Gasteiger partial charge in [-0.05, 0) is 38.5 Å². The zero-order valence-corrected chi connectivity index (χ0v) is 15.3. The number of nitrogens with zero attached hydrogens (tertiary/aromatic N) is 2. The van der Waals surface area contributed by atoms with Gasteiger partial charge in [0.2, 0.25) is 0 Å². The highest BCUT2D eigenvalue weighted by Crippen LogP contribution is 2.29. The first-order valence-electron chi connectivity index (χ1n) is 7.70. The molecule has 0 radical (unpaired) electrons. The van der Waals surface area contributed by atoms with E-state index in [9.17, 15) is 17.6 Å². The fourth-order valence-electron chi connectivity index (χ4n) is 3.02. The molecule has 0 saturated carbocycles. The van der Waals surface area contributed by atoms with Crippen LogP contribution in [-0.4, -0.2) is 35.6 Å². The average Bonchev–Trinajstić information content (AvgIpc) is 3.03. The summed E-state index contributed by atoms with van der Waals surface area (Å²) < 4.78 is 38.9. The maximum Gasteiger partial charge on any atom is 0.258 e. The number of halogens is 2. The van der Waals surface area contributed by atoms with E-state index in [0.717, 1.165) is 6.07 Å². The molecule has 1 saturated heterocycles. The lowest BCUT2D eigenvalue weighted by Crippen LogP contribution is -2.16. The summed E-state index contributed by atoms with van der Waals surface area (Å²) >= 11 is 5.82. The van der Waals surface area contributed by atoms with Gasteiger partial charge in [0.1, 0.15) is 5.82 Å². The van der Waals surface area contributed by atoms with Crippen molar-refractivity contribution in [3.05, 3.63) is 46.0 Å². The Hall–Kier alpha value is -1.93. The molecule has 1 aliphatic rings. The van der Waals surface area contributed by atoms with E-state index in [1.165, 1.54) is 12.1 Å².